The summed E-state index contributed by atoms with van der Waals surface area (Å²) in [5, 5.41) is 0.747. The topological polar surface area (TPSA) is 44.0 Å². The first-order chi connectivity index (χ1) is 15.9. The van der Waals surface area contributed by atoms with Gasteiger partial charge in [-0.2, -0.15) is 0 Å². The molecule has 0 unspecified atom stereocenters. The summed E-state index contributed by atoms with van der Waals surface area (Å²) in [5.41, 5.74) is 7.30. The maximum Gasteiger partial charge on any atom is 0.337 e. The number of rotatable bonds is 4. The van der Waals surface area contributed by atoms with Gasteiger partial charge in [-0.3, -0.25) is 9.36 Å². The van der Waals surface area contributed by atoms with Gasteiger partial charge in [0.25, 0.3) is 5.56 Å². The molecule has 5 rings (SSSR count). The van der Waals surface area contributed by atoms with Crippen LogP contribution in [0.4, 0.5) is 0 Å². The Kier molecular flexibility index (Phi) is 5.61. The summed E-state index contributed by atoms with van der Waals surface area (Å²) in [6.45, 7) is 8.89. The van der Waals surface area contributed by atoms with E-state index >= 15 is 0 Å². The van der Waals surface area contributed by atoms with Gasteiger partial charge in [0.15, 0.2) is 0 Å². The number of hydrogen-bond acceptors (Lipinski definition) is 3. The van der Waals surface area contributed by atoms with Gasteiger partial charge in [-0.05, 0) is 92.8 Å². The minimum absolute atomic E-state index is 0.174. The van der Waals surface area contributed by atoms with Gasteiger partial charge < -0.3 is 0 Å². The van der Waals surface area contributed by atoms with Crippen LogP contribution < -0.4 is 11.2 Å². The lowest BCUT2D eigenvalue weighted by atomic mass is 9.97. The highest BCUT2D eigenvalue weighted by molar-refractivity contribution is 7.18. The van der Waals surface area contributed by atoms with Crippen LogP contribution in [0, 0.1) is 20.8 Å². The molecule has 0 aliphatic heterocycles. The van der Waals surface area contributed by atoms with Crippen LogP contribution in [0.3, 0.4) is 0 Å². The van der Waals surface area contributed by atoms with E-state index in [4.69, 9.17) is 0 Å². The van der Waals surface area contributed by atoms with Crippen molar-refractivity contribution in [3.8, 4) is 5.69 Å². The van der Waals surface area contributed by atoms with E-state index in [-0.39, 0.29) is 11.2 Å². The first kappa shape index (κ1) is 21.9. The summed E-state index contributed by atoms with van der Waals surface area (Å²) in [6.07, 6.45) is 5.07. The van der Waals surface area contributed by atoms with Crippen molar-refractivity contribution >= 4 is 21.6 Å². The van der Waals surface area contributed by atoms with Crippen molar-refractivity contribution in [2.45, 2.75) is 66.3 Å². The summed E-state index contributed by atoms with van der Waals surface area (Å²) < 4.78 is 3.24. The maximum atomic E-state index is 13.9. The molecule has 2 heterocycles. The fourth-order valence-electron chi connectivity index (χ4n) is 5.23. The molecule has 4 nitrogen and oxygen atoms in total. The lowest BCUT2D eigenvalue weighted by Gasteiger charge is -2.16. The number of nitrogens with zero attached hydrogens (tertiary/aromatic N) is 2. The standard InChI is InChI=1S/C28H30N2O2S/c1-5-20-10-12-21(13-11-20)30-26(31)25-22-8-6-7-9-24(22)33-27(25)29(28(30)32)16-23-18(3)14-17(2)15-19(23)4/h10-15H,5-9,16H2,1-4H3. The molecule has 0 fully saturated rings. The number of fused-ring (bicyclic) bond motifs is 3. The molecule has 0 atom stereocenters. The van der Waals surface area contributed by atoms with Gasteiger partial charge >= 0.3 is 5.69 Å². The second kappa shape index (κ2) is 8.45. The van der Waals surface area contributed by atoms with Crippen molar-refractivity contribution in [3.63, 3.8) is 0 Å². The molecule has 0 radical (unpaired) electrons. The molecule has 0 spiro atoms. The van der Waals surface area contributed by atoms with Crippen molar-refractivity contribution in [2.75, 3.05) is 0 Å². The average Bonchev–Trinajstić information content (AvgIpc) is 3.18. The highest BCUT2D eigenvalue weighted by atomic mass is 32.1. The van der Waals surface area contributed by atoms with Crippen LogP contribution in [-0.4, -0.2) is 9.13 Å². The van der Waals surface area contributed by atoms with Gasteiger partial charge in [0.2, 0.25) is 0 Å². The van der Waals surface area contributed by atoms with Crippen LogP contribution in [0.15, 0.2) is 46.0 Å². The predicted molar refractivity (Wildman–Crippen MR) is 137 cm³/mol. The first-order valence-corrected chi connectivity index (χ1v) is 12.7. The lowest BCUT2D eigenvalue weighted by Crippen LogP contribution is -2.39. The Labute approximate surface area is 198 Å². The van der Waals surface area contributed by atoms with Crippen LogP contribution >= 0.6 is 11.3 Å². The molecule has 0 amide bonds. The minimum Gasteiger partial charge on any atom is -0.279 e. The number of aryl methyl sites for hydroxylation is 6. The van der Waals surface area contributed by atoms with E-state index in [1.54, 1.807) is 11.3 Å². The molecule has 4 aromatic rings. The van der Waals surface area contributed by atoms with Crippen LogP contribution in [0.2, 0.25) is 0 Å². The third kappa shape index (κ3) is 3.68. The lowest BCUT2D eigenvalue weighted by molar-refractivity contribution is 0.695. The zero-order chi connectivity index (χ0) is 23.3. The monoisotopic (exact) mass is 458 g/mol. The van der Waals surface area contributed by atoms with Gasteiger partial charge in [-0.15, -0.1) is 11.3 Å². The van der Waals surface area contributed by atoms with E-state index < -0.39 is 0 Å². The second-order valence-corrected chi connectivity index (χ2v) is 10.4. The highest BCUT2D eigenvalue weighted by Gasteiger charge is 2.24. The molecule has 1 aliphatic rings. The summed E-state index contributed by atoms with van der Waals surface area (Å²) in [4.78, 5) is 29.8. The highest BCUT2D eigenvalue weighted by Crippen LogP contribution is 2.34. The molecule has 170 valence electrons. The van der Waals surface area contributed by atoms with E-state index in [9.17, 15) is 9.59 Å². The molecular weight excluding hydrogens is 428 g/mol. The SMILES string of the molecule is CCc1ccc(-n2c(=O)c3c4c(sc3n(Cc3c(C)cc(C)cc3C)c2=O)CCCC4)cc1. The Morgan fingerprint density at radius 3 is 2.27 bits per heavy atom. The molecule has 2 aromatic carbocycles. The molecule has 5 heteroatoms. The Morgan fingerprint density at radius 1 is 0.939 bits per heavy atom. The van der Waals surface area contributed by atoms with Gasteiger partial charge in [0.1, 0.15) is 4.83 Å². The summed E-state index contributed by atoms with van der Waals surface area (Å²) in [6, 6.07) is 12.2. The molecule has 0 saturated heterocycles. The summed E-state index contributed by atoms with van der Waals surface area (Å²) in [5.74, 6) is 0. The quantitative estimate of drug-likeness (QED) is 0.398. The Hall–Kier alpha value is -2.92. The Bertz CT molecular complexity index is 1460. The van der Waals surface area contributed by atoms with E-state index in [1.807, 2.05) is 28.8 Å². The molecule has 2 aromatic heterocycles. The molecular formula is C28H30N2O2S. The fraction of sp³-hybridized carbons (Fsp3) is 0.357. The minimum atomic E-state index is -0.255. The second-order valence-electron chi connectivity index (χ2n) is 9.30. The van der Waals surface area contributed by atoms with Crippen LogP contribution in [0.1, 0.15) is 58.0 Å². The van der Waals surface area contributed by atoms with E-state index in [0.717, 1.165) is 53.4 Å². The first-order valence-electron chi connectivity index (χ1n) is 11.8. The largest absolute Gasteiger partial charge is 0.337 e. The summed E-state index contributed by atoms with van der Waals surface area (Å²) in [7, 11) is 0. The summed E-state index contributed by atoms with van der Waals surface area (Å²) >= 11 is 1.65. The zero-order valence-corrected chi connectivity index (χ0v) is 20.6. The number of benzene rings is 2. The van der Waals surface area contributed by atoms with Crippen molar-refractivity contribution in [1.29, 1.82) is 0 Å². The van der Waals surface area contributed by atoms with Gasteiger partial charge in [0, 0.05) is 4.88 Å². The number of hydrogen-bond donors (Lipinski definition) is 0. The molecule has 1 aliphatic carbocycles. The maximum absolute atomic E-state index is 13.9. The van der Waals surface area contributed by atoms with Crippen molar-refractivity contribution < 1.29 is 0 Å². The fourth-order valence-corrected chi connectivity index (χ4v) is 6.61. The van der Waals surface area contributed by atoms with E-state index in [0.29, 0.717) is 12.2 Å². The van der Waals surface area contributed by atoms with Crippen molar-refractivity contribution in [3.05, 3.63) is 95.5 Å². The van der Waals surface area contributed by atoms with Crippen molar-refractivity contribution in [1.82, 2.24) is 9.13 Å². The molecule has 0 bridgehead atoms. The van der Waals surface area contributed by atoms with Crippen LogP contribution in [-0.2, 0) is 25.8 Å². The van der Waals surface area contributed by atoms with E-state index in [1.165, 1.54) is 31.7 Å². The van der Waals surface area contributed by atoms with Crippen molar-refractivity contribution in [2.24, 2.45) is 0 Å². The van der Waals surface area contributed by atoms with E-state index in [2.05, 4.69) is 39.8 Å². The van der Waals surface area contributed by atoms with Gasteiger partial charge in [-0.25, -0.2) is 9.36 Å². The third-order valence-corrected chi connectivity index (χ3v) is 8.31. The molecule has 0 saturated carbocycles. The van der Waals surface area contributed by atoms with Gasteiger partial charge in [0.05, 0.1) is 17.6 Å². The van der Waals surface area contributed by atoms with Crippen LogP contribution in [0.5, 0.6) is 0 Å². The van der Waals surface area contributed by atoms with Crippen LogP contribution in [0.25, 0.3) is 15.9 Å². The Morgan fingerprint density at radius 2 is 1.61 bits per heavy atom. The van der Waals surface area contributed by atoms with Gasteiger partial charge in [-0.1, -0.05) is 36.8 Å². The smallest absolute Gasteiger partial charge is 0.279 e. The molecule has 33 heavy (non-hydrogen) atoms. The number of thiophene rings is 1. The number of aromatic nitrogens is 2. The predicted octanol–water partition coefficient (Wildman–Crippen LogP) is 5.63. The molecule has 0 N–H and O–H groups in total. The average molecular weight is 459 g/mol. The normalized spacial score (nSPS) is 13.5. The zero-order valence-electron chi connectivity index (χ0n) is 19.8. The Balaban J connectivity index is 1.82. The third-order valence-electron chi connectivity index (χ3n) is 7.00.